The molecular formula is C14H19FN2OS. The van der Waals surface area contributed by atoms with Crippen molar-refractivity contribution in [3.05, 3.63) is 40.8 Å². The number of benzene rings is 1. The zero-order valence-electron chi connectivity index (χ0n) is 11.4. The van der Waals surface area contributed by atoms with Crippen LogP contribution in [0, 0.1) is 12.7 Å². The van der Waals surface area contributed by atoms with Gasteiger partial charge in [0.25, 0.3) is 0 Å². The fraction of sp³-hybridized carbons (Fsp3) is 0.429. The van der Waals surface area contributed by atoms with E-state index < -0.39 is 11.0 Å². The molecule has 1 aromatic rings. The van der Waals surface area contributed by atoms with Gasteiger partial charge in [-0.15, -0.1) is 0 Å². The number of hydrogen-bond donors (Lipinski definition) is 2. The van der Waals surface area contributed by atoms with Crippen LogP contribution in [-0.4, -0.2) is 10.5 Å². The van der Waals surface area contributed by atoms with E-state index in [0.717, 1.165) is 18.4 Å². The number of anilines is 1. The summed E-state index contributed by atoms with van der Waals surface area (Å²) in [7, 11) is -1.20. The largest absolute Gasteiger partial charge is 0.384 e. The first-order valence-electron chi connectivity index (χ1n) is 6.31. The molecule has 104 valence electrons. The molecule has 0 spiro atoms. The Morgan fingerprint density at radius 1 is 1.42 bits per heavy atom. The SMILES string of the molecule is Cc1cc([C@@H](C)NC=C2CC2)c(F)cc1NS(C)=O. The topological polar surface area (TPSA) is 41.1 Å². The first-order chi connectivity index (χ1) is 8.97. The fourth-order valence-corrected chi connectivity index (χ4v) is 2.38. The highest BCUT2D eigenvalue weighted by Gasteiger charge is 2.15. The summed E-state index contributed by atoms with van der Waals surface area (Å²) in [5.41, 5.74) is 3.47. The minimum Gasteiger partial charge on any atom is -0.384 e. The number of halogens is 1. The van der Waals surface area contributed by atoms with Crippen LogP contribution in [0.1, 0.15) is 36.9 Å². The van der Waals surface area contributed by atoms with Gasteiger partial charge >= 0.3 is 0 Å². The molecule has 19 heavy (non-hydrogen) atoms. The molecule has 0 saturated heterocycles. The van der Waals surface area contributed by atoms with Gasteiger partial charge < -0.3 is 10.0 Å². The van der Waals surface area contributed by atoms with Crippen molar-refractivity contribution >= 4 is 16.7 Å². The van der Waals surface area contributed by atoms with Crippen LogP contribution in [0.3, 0.4) is 0 Å². The van der Waals surface area contributed by atoms with Crippen LogP contribution in [0.15, 0.2) is 23.9 Å². The average molecular weight is 282 g/mol. The van der Waals surface area contributed by atoms with Crippen molar-refractivity contribution in [2.75, 3.05) is 11.0 Å². The molecule has 2 rings (SSSR count). The molecule has 0 bridgehead atoms. The normalized spacial score (nSPS) is 16.7. The summed E-state index contributed by atoms with van der Waals surface area (Å²) < 4.78 is 27.9. The molecule has 0 amide bonds. The zero-order valence-corrected chi connectivity index (χ0v) is 12.2. The van der Waals surface area contributed by atoms with Crippen LogP contribution < -0.4 is 10.0 Å². The Labute approximate surface area is 115 Å². The van der Waals surface area contributed by atoms with Crippen molar-refractivity contribution < 1.29 is 8.60 Å². The van der Waals surface area contributed by atoms with Crippen molar-refractivity contribution in [1.29, 1.82) is 0 Å². The van der Waals surface area contributed by atoms with Crippen molar-refractivity contribution in [2.45, 2.75) is 32.7 Å². The Morgan fingerprint density at radius 3 is 2.68 bits per heavy atom. The summed E-state index contributed by atoms with van der Waals surface area (Å²) in [6.07, 6.45) is 5.79. The monoisotopic (exact) mass is 282 g/mol. The highest BCUT2D eigenvalue weighted by Crippen LogP contribution is 2.28. The Balaban J connectivity index is 2.18. The van der Waals surface area contributed by atoms with E-state index in [1.54, 1.807) is 6.07 Å². The number of nitrogens with one attached hydrogen (secondary N) is 2. The maximum atomic E-state index is 14.1. The molecule has 1 unspecified atom stereocenters. The van der Waals surface area contributed by atoms with E-state index in [4.69, 9.17) is 0 Å². The molecule has 0 aliphatic heterocycles. The lowest BCUT2D eigenvalue weighted by Crippen LogP contribution is -2.14. The van der Waals surface area contributed by atoms with Crippen LogP contribution in [-0.2, 0) is 11.0 Å². The van der Waals surface area contributed by atoms with Crippen LogP contribution >= 0.6 is 0 Å². The van der Waals surface area contributed by atoms with Gasteiger partial charge in [0, 0.05) is 11.8 Å². The molecule has 5 heteroatoms. The van der Waals surface area contributed by atoms with E-state index in [2.05, 4.69) is 10.0 Å². The minimum absolute atomic E-state index is 0.0760. The predicted molar refractivity (Wildman–Crippen MR) is 77.7 cm³/mol. The first-order valence-corrected chi connectivity index (χ1v) is 7.87. The van der Waals surface area contributed by atoms with Gasteiger partial charge in [-0.25, -0.2) is 8.60 Å². The average Bonchev–Trinajstić information content (AvgIpc) is 3.13. The van der Waals surface area contributed by atoms with Crippen molar-refractivity contribution in [1.82, 2.24) is 5.32 Å². The third-order valence-corrected chi connectivity index (χ3v) is 3.65. The van der Waals surface area contributed by atoms with Gasteiger partial charge in [0.05, 0.1) is 11.7 Å². The second kappa shape index (κ2) is 5.74. The zero-order chi connectivity index (χ0) is 14.0. The molecule has 0 aromatic heterocycles. The number of hydrogen-bond acceptors (Lipinski definition) is 2. The third kappa shape index (κ3) is 3.80. The van der Waals surface area contributed by atoms with Crippen molar-refractivity contribution in [3.63, 3.8) is 0 Å². The predicted octanol–water partition coefficient (Wildman–Crippen LogP) is 3.17. The molecular weight excluding hydrogens is 263 g/mol. The molecule has 3 nitrogen and oxygen atoms in total. The molecule has 2 atom stereocenters. The van der Waals surface area contributed by atoms with Crippen LogP contribution in [0.25, 0.3) is 0 Å². The second-order valence-corrected chi connectivity index (χ2v) is 6.05. The molecule has 1 aliphatic carbocycles. The maximum Gasteiger partial charge on any atom is 0.130 e. The number of aryl methyl sites for hydroxylation is 1. The molecule has 1 aliphatic rings. The summed E-state index contributed by atoms with van der Waals surface area (Å²) in [5, 5.41) is 3.21. The molecule has 1 saturated carbocycles. The maximum absolute atomic E-state index is 14.1. The second-order valence-electron chi connectivity index (χ2n) is 4.94. The highest BCUT2D eigenvalue weighted by molar-refractivity contribution is 7.85. The summed E-state index contributed by atoms with van der Waals surface area (Å²) in [6, 6.07) is 3.13. The van der Waals surface area contributed by atoms with Gasteiger partial charge in [-0.3, -0.25) is 0 Å². The first kappa shape index (κ1) is 14.1. The Kier molecular flexibility index (Phi) is 4.24. The van der Waals surface area contributed by atoms with E-state index in [1.165, 1.54) is 17.9 Å². The lowest BCUT2D eigenvalue weighted by Gasteiger charge is -2.16. The van der Waals surface area contributed by atoms with Gasteiger partial charge in [-0.05, 0) is 50.6 Å². The molecule has 2 N–H and O–H groups in total. The van der Waals surface area contributed by atoms with E-state index in [-0.39, 0.29) is 11.9 Å². The summed E-state index contributed by atoms with van der Waals surface area (Å²) in [4.78, 5) is 0. The lowest BCUT2D eigenvalue weighted by molar-refractivity contribution is 0.571. The smallest absolute Gasteiger partial charge is 0.130 e. The molecule has 0 radical (unpaired) electrons. The summed E-state index contributed by atoms with van der Waals surface area (Å²) in [6.45, 7) is 3.81. The molecule has 0 heterocycles. The molecule has 1 aromatic carbocycles. The van der Waals surface area contributed by atoms with Crippen LogP contribution in [0.2, 0.25) is 0 Å². The summed E-state index contributed by atoms with van der Waals surface area (Å²) >= 11 is 0. The highest BCUT2D eigenvalue weighted by atomic mass is 32.2. The number of rotatable bonds is 5. The Bertz CT molecular complexity index is 536. The third-order valence-electron chi connectivity index (χ3n) is 3.14. The van der Waals surface area contributed by atoms with Crippen molar-refractivity contribution in [2.24, 2.45) is 0 Å². The number of allylic oxidation sites excluding steroid dienone is 1. The van der Waals surface area contributed by atoms with Crippen molar-refractivity contribution in [3.8, 4) is 0 Å². The van der Waals surface area contributed by atoms with Gasteiger partial charge in [0.15, 0.2) is 0 Å². The molecule has 1 fully saturated rings. The van der Waals surface area contributed by atoms with Gasteiger partial charge in [-0.1, -0.05) is 5.57 Å². The Morgan fingerprint density at radius 2 is 2.11 bits per heavy atom. The standard InChI is InChI=1S/C14H19FN2OS/c1-9-6-12(10(2)16-8-11-4-5-11)13(15)7-14(9)17-19(3)18/h6-8,10,16-17H,4-5H2,1-3H3/t10-,19?/m1/s1. The van der Waals surface area contributed by atoms with E-state index in [9.17, 15) is 8.60 Å². The minimum atomic E-state index is -1.20. The van der Waals surface area contributed by atoms with E-state index in [1.807, 2.05) is 20.0 Å². The quantitative estimate of drug-likeness (QED) is 0.871. The van der Waals surface area contributed by atoms with Gasteiger partial charge in [0.1, 0.15) is 16.8 Å². The fourth-order valence-electron chi connectivity index (χ4n) is 1.85. The van der Waals surface area contributed by atoms with Gasteiger partial charge in [0.2, 0.25) is 0 Å². The van der Waals surface area contributed by atoms with Gasteiger partial charge in [-0.2, -0.15) is 0 Å². The van der Waals surface area contributed by atoms with Crippen LogP contribution in [0.4, 0.5) is 10.1 Å². The van der Waals surface area contributed by atoms with Crippen LogP contribution in [0.5, 0.6) is 0 Å². The lowest BCUT2D eigenvalue weighted by atomic mass is 10.0. The summed E-state index contributed by atoms with van der Waals surface area (Å²) in [5.74, 6) is -0.284. The Hall–Kier alpha value is -1.36. The van der Waals surface area contributed by atoms with E-state index in [0.29, 0.717) is 11.3 Å². The van der Waals surface area contributed by atoms with E-state index >= 15 is 0 Å².